The summed E-state index contributed by atoms with van der Waals surface area (Å²) in [5, 5.41) is 0.791. The monoisotopic (exact) mass is 292 g/mol. The molecule has 0 saturated heterocycles. The van der Waals surface area contributed by atoms with Gasteiger partial charge in [0.05, 0.1) is 11.6 Å². The first-order valence-electron chi connectivity index (χ1n) is 7.91. The smallest absolute Gasteiger partial charge is 0.141 e. The average Bonchev–Trinajstić information content (AvgIpc) is 3.19. The minimum Gasteiger partial charge on any atom is -0.491 e. The summed E-state index contributed by atoms with van der Waals surface area (Å²) in [6.07, 6.45) is 6.27. The van der Waals surface area contributed by atoms with E-state index in [1.165, 1.54) is 36.8 Å². The molecule has 1 saturated carbocycles. The van der Waals surface area contributed by atoms with Crippen molar-refractivity contribution in [2.75, 3.05) is 6.61 Å². The first-order chi connectivity index (χ1) is 9.47. The van der Waals surface area contributed by atoms with Gasteiger partial charge in [-0.15, -0.1) is 0 Å². The van der Waals surface area contributed by atoms with Crippen LogP contribution in [0, 0.1) is 11.3 Å². The van der Waals surface area contributed by atoms with Crippen LogP contribution >= 0.6 is 11.6 Å². The molecule has 3 rings (SSSR count). The molecule has 2 aliphatic carbocycles. The molecule has 0 unspecified atom stereocenters. The average molecular weight is 293 g/mol. The van der Waals surface area contributed by atoms with Crippen molar-refractivity contribution in [3.8, 4) is 5.75 Å². The van der Waals surface area contributed by atoms with E-state index in [1.54, 1.807) is 0 Å². The summed E-state index contributed by atoms with van der Waals surface area (Å²) < 4.78 is 6.09. The van der Waals surface area contributed by atoms with Gasteiger partial charge in [-0.25, -0.2) is 0 Å². The lowest BCUT2D eigenvalue weighted by Crippen LogP contribution is -2.23. The topological polar surface area (TPSA) is 9.23 Å². The number of fused-ring (bicyclic) bond motifs is 1. The van der Waals surface area contributed by atoms with Crippen molar-refractivity contribution in [1.29, 1.82) is 0 Å². The highest BCUT2D eigenvalue weighted by molar-refractivity contribution is 6.32. The van der Waals surface area contributed by atoms with E-state index in [0.29, 0.717) is 11.3 Å². The van der Waals surface area contributed by atoms with E-state index in [4.69, 9.17) is 16.3 Å². The van der Waals surface area contributed by atoms with Gasteiger partial charge < -0.3 is 4.74 Å². The summed E-state index contributed by atoms with van der Waals surface area (Å²) in [6, 6.07) is 4.27. The van der Waals surface area contributed by atoms with E-state index in [-0.39, 0.29) is 0 Å². The van der Waals surface area contributed by atoms with E-state index in [2.05, 4.69) is 26.8 Å². The third-order valence-electron chi connectivity index (χ3n) is 4.75. The van der Waals surface area contributed by atoms with Crippen molar-refractivity contribution in [2.24, 2.45) is 11.3 Å². The van der Waals surface area contributed by atoms with Crippen LogP contribution in [0.15, 0.2) is 12.1 Å². The maximum atomic E-state index is 6.40. The van der Waals surface area contributed by atoms with E-state index in [0.717, 1.165) is 29.7 Å². The van der Waals surface area contributed by atoms with Gasteiger partial charge >= 0.3 is 0 Å². The Labute approximate surface area is 127 Å². The zero-order valence-corrected chi connectivity index (χ0v) is 13.6. The van der Waals surface area contributed by atoms with Gasteiger partial charge in [0.25, 0.3) is 0 Å². The number of ether oxygens (including phenoxy) is 1. The van der Waals surface area contributed by atoms with Crippen molar-refractivity contribution in [3.05, 3.63) is 28.3 Å². The van der Waals surface area contributed by atoms with Crippen LogP contribution in [-0.2, 0) is 6.42 Å². The Kier molecular flexibility index (Phi) is 3.75. The van der Waals surface area contributed by atoms with Crippen molar-refractivity contribution in [3.63, 3.8) is 0 Å². The maximum absolute atomic E-state index is 6.40. The Balaban J connectivity index is 1.94. The molecule has 0 N–H and O–H groups in total. The molecule has 0 aromatic heterocycles. The summed E-state index contributed by atoms with van der Waals surface area (Å²) in [4.78, 5) is 0. The highest BCUT2D eigenvalue weighted by atomic mass is 35.5. The largest absolute Gasteiger partial charge is 0.491 e. The van der Waals surface area contributed by atoms with Crippen molar-refractivity contribution in [2.45, 2.75) is 58.8 Å². The molecule has 1 atom stereocenters. The van der Waals surface area contributed by atoms with Gasteiger partial charge in [-0.2, -0.15) is 0 Å². The number of rotatable bonds is 3. The molecule has 1 fully saturated rings. The Morgan fingerprint density at radius 2 is 1.95 bits per heavy atom. The van der Waals surface area contributed by atoms with Crippen LogP contribution in [0.25, 0.3) is 0 Å². The second-order valence-electron chi connectivity index (χ2n) is 7.51. The van der Waals surface area contributed by atoms with Crippen LogP contribution in [0.2, 0.25) is 5.02 Å². The van der Waals surface area contributed by atoms with Crippen LogP contribution in [0.5, 0.6) is 5.75 Å². The van der Waals surface area contributed by atoms with E-state index in [9.17, 15) is 0 Å². The second-order valence-corrected chi connectivity index (χ2v) is 7.92. The molecule has 1 aromatic rings. The van der Waals surface area contributed by atoms with E-state index >= 15 is 0 Å². The fourth-order valence-electron chi connectivity index (χ4n) is 3.38. The van der Waals surface area contributed by atoms with Crippen molar-refractivity contribution < 1.29 is 4.74 Å². The Bertz CT molecular complexity index is 497. The number of hydrogen-bond donors (Lipinski definition) is 0. The molecule has 20 heavy (non-hydrogen) atoms. The fourth-order valence-corrected chi connectivity index (χ4v) is 3.61. The lowest BCUT2D eigenvalue weighted by atomic mass is 9.69. The summed E-state index contributed by atoms with van der Waals surface area (Å²) >= 11 is 6.40. The van der Waals surface area contributed by atoms with Crippen LogP contribution in [0.4, 0.5) is 0 Å². The van der Waals surface area contributed by atoms with Crippen LogP contribution in [0.3, 0.4) is 0 Å². The zero-order chi connectivity index (χ0) is 14.3. The Morgan fingerprint density at radius 3 is 2.60 bits per heavy atom. The van der Waals surface area contributed by atoms with Crippen molar-refractivity contribution in [1.82, 2.24) is 0 Å². The first kappa shape index (κ1) is 14.3. The predicted octanol–water partition coefficient (Wildman–Crippen LogP) is 5.59. The minimum absolute atomic E-state index is 0.302. The molecule has 0 amide bonds. The molecular weight excluding hydrogens is 268 g/mol. The number of hydrogen-bond acceptors (Lipinski definition) is 1. The lowest BCUT2D eigenvalue weighted by molar-refractivity contribution is 0.274. The second kappa shape index (κ2) is 5.26. The van der Waals surface area contributed by atoms with Gasteiger partial charge in [-0.1, -0.05) is 38.4 Å². The zero-order valence-electron chi connectivity index (χ0n) is 12.8. The quantitative estimate of drug-likeness (QED) is 0.705. The molecule has 110 valence electrons. The fraction of sp³-hybridized carbons (Fsp3) is 0.667. The van der Waals surface area contributed by atoms with Gasteiger partial charge in [0, 0.05) is 0 Å². The molecule has 0 heterocycles. The first-order valence-corrected chi connectivity index (χ1v) is 8.28. The summed E-state index contributed by atoms with van der Waals surface area (Å²) in [7, 11) is 0. The molecule has 0 radical (unpaired) electrons. The van der Waals surface area contributed by atoms with Gasteiger partial charge in [-0.05, 0) is 66.5 Å². The SMILES string of the molecule is CC(C)(C)[C@H]1CCCc2c1ccc(Cl)c2OCC1CC1. The van der Waals surface area contributed by atoms with E-state index in [1.807, 2.05) is 6.07 Å². The number of benzene rings is 1. The molecule has 2 aliphatic rings. The van der Waals surface area contributed by atoms with Gasteiger partial charge in [0.15, 0.2) is 0 Å². The third-order valence-corrected chi connectivity index (χ3v) is 5.05. The van der Waals surface area contributed by atoms with Crippen LogP contribution < -0.4 is 4.74 Å². The van der Waals surface area contributed by atoms with Gasteiger partial charge in [0.2, 0.25) is 0 Å². The molecule has 2 heteroatoms. The minimum atomic E-state index is 0.302. The van der Waals surface area contributed by atoms with Crippen molar-refractivity contribution >= 4 is 11.6 Å². The maximum Gasteiger partial charge on any atom is 0.141 e. The Morgan fingerprint density at radius 1 is 1.20 bits per heavy atom. The van der Waals surface area contributed by atoms with Crippen LogP contribution in [0.1, 0.15) is 63.5 Å². The summed E-state index contributed by atoms with van der Waals surface area (Å²) in [5.74, 6) is 2.36. The molecule has 1 nitrogen and oxygen atoms in total. The predicted molar refractivity (Wildman–Crippen MR) is 84.8 cm³/mol. The molecule has 0 bridgehead atoms. The third kappa shape index (κ3) is 2.83. The highest BCUT2D eigenvalue weighted by Crippen LogP contribution is 2.47. The standard InChI is InChI=1S/C18H25ClO/c1-18(2,3)15-6-4-5-14-13(15)9-10-16(19)17(14)20-11-12-7-8-12/h9-10,12,15H,4-8,11H2,1-3H3/t15-/m0/s1. The highest BCUT2D eigenvalue weighted by Gasteiger charge is 2.32. The summed E-state index contributed by atoms with van der Waals surface area (Å²) in [6.45, 7) is 7.86. The molecular formula is C18H25ClO. The Hall–Kier alpha value is -0.690. The van der Waals surface area contributed by atoms with E-state index < -0.39 is 0 Å². The molecule has 0 spiro atoms. The lowest BCUT2D eigenvalue weighted by Gasteiger charge is -2.36. The number of halogens is 1. The van der Waals surface area contributed by atoms with Gasteiger partial charge in [0.1, 0.15) is 5.75 Å². The molecule has 1 aromatic carbocycles. The molecule has 0 aliphatic heterocycles. The van der Waals surface area contributed by atoms with Crippen LogP contribution in [-0.4, -0.2) is 6.61 Å². The van der Waals surface area contributed by atoms with Gasteiger partial charge in [-0.3, -0.25) is 0 Å². The summed E-state index contributed by atoms with van der Waals surface area (Å²) in [5.41, 5.74) is 3.15. The normalized spacial score (nSPS) is 22.5.